The van der Waals surface area contributed by atoms with Gasteiger partial charge in [0.15, 0.2) is 0 Å². The van der Waals surface area contributed by atoms with Crippen molar-refractivity contribution in [1.29, 1.82) is 5.26 Å². The highest BCUT2D eigenvalue weighted by molar-refractivity contribution is 6.31. The van der Waals surface area contributed by atoms with Crippen molar-refractivity contribution >= 4 is 23.5 Å². The van der Waals surface area contributed by atoms with Crippen molar-refractivity contribution in [2.75, 3.05) is 26.4 Å². The Morgan fingerprint density at radius 2 is 2.03 bits per heavy atom. The standard InChI is InChI=1S/C24H23ClF2N4O5/c25-14-2-4-20(16(8-14)13-1-3-21(36-24(26)27)18(7-13)23(33)34)35-6-5-31-12-30-19-11-29-15(10-28)9-17(19)22(31)32/h1-4,7-8,15,17,19,24,29-30H,5-6,9,11-12H2,(H,33,34). The number of carbonyl (C=O) groups is 2. The van der Waals surface area contributed by atoms with Crippen LogP contribution in [0.3, 0.4) is 0 Å². The number of piperidine rings is 1. The number of ether oxygens (including phenoxy) is 2. The number of aromatic carboxylic acids is 1. The SMILES string of the molecule is N#CC1CC2C(=O)N(CCOc3ccc(Cl)cc3-c3ccc(OC(F)F)c(C(=O)O)c3)CNC2CN1. The van der Waals surface area contributed by atoms with Gasteiger partial charge in [-0.1, -0.05) is 17.7 Å². The molecule has 1 amide bonds. The molecule has 3 unspecified atom stereocenters. The average Bonchev–Trinajstić information content (AvgIpc) is 2.86. The van der Waals surface area contributed by atoms with Crippen molar-refractivity contribution in [2.45, 2.75) is 25.1 Å². The highest BCUT2D eigenvalue weighted by Crippen LogP contribution is 2.35. The number of nitriles is 1. The number of rotatable bonds is 8. The van der Waals surface area contributed by atoms with Gasteiger partial charge in [0.2, 0.25) is 5.91 Å². The Hall–Kier alpha value is -3.46. The van der Waals surface area contributed by atoms with Crippen LogP contribution in [0.1, 0.15) is 16.8 Å². The molecule has 4 rings (SSSR count). The second kappa shape index (κ2) is 11.1. The van der Waals surface area contributed by atoms with Crippen molar-refractivity contribution in [3.63, 3.8) is 0 Å². The van der Waals surface area contributed by atoms with E-state index in [0.717, 1.165) is 6.07 Å². The number of hydrogen-bond donors (Lipinski definition) is 3. The molecule has 2 aliphatic heterocycles. The fourth-order valence-electron chi connectivity index (χ4n) is 4.41. The van der Waals surface area contributed by atoms with Crippen LogP contribution in [-0.4, -0.2) is 66.9 Å². The van der Waals surface area contributed by atoms with Crippen LogP contribution < -0.4 is 20.1 Å². The number of carbonyl (C=O) groups excluding carboxylic acids is 1. The van der Waals surface area contributed by atoms with Crippen LogP contribution in [0.4, 0.5) is 8.78 Å². The van der Waals surface area contributed by atoms with Gasteiger partial charge in [-0.2, -0.15) is 14.0 Å². The lowest BCUT2D eigenvalue weighted by molar-refractivity contribution is -0.142. The smallest absolute Gasteiger partial charge is 0.387 e. The number of nitrogens with zero attached hydrogens (tertiary/aromatic N) is 2. The summed E-state index contributed by atoms with van der Waals surface area (Å²) >= 11 is 6.15. The molecule has 3 atom stereocenters. The second-order valence-electron chi connectivity index (χ2n) is 8.39. The van der Waals surface area contributed by atoms with E-state index < -0.39 is 23.9 Å². The van der Waals surface area contributed by atoms with Gasteiger partial charge in [0.1, 0.15) is 23.7 Å². The molecule has 2 aliphatic rings. The highest BCUT2D eigenvalue weighted by Gasteiger charge is 2.40. The van der Waals surface area contributed by atoms with Crippen LogP contribution in [-0.2, 0) is 4.79 Å². The first-order chi connectivity index (χ1) is 17.3. The Morgan fingerprint density at radius 1 is 1.25 bits per heavy atom. The number of carboxylic acid groups (broad SMARTS) is 1. The number of halogens is 3. The van der Waals surface area contributed by atoms with Crippen LogP contribution in [0.25, 0.3) is 11.1 Å². The topological polar surface area (TPSA) is 124 Å². The Kier molecular flexibility index (Phi) is 7.88. The van der Waals surface area contributed by atoms with E-state index >= 15 is 0 Å². The molecule has 0 radical (unpaired) electrons. The minimum Gasteiger partial charge on any atom is -0.491 e. The number of nitrogens with one attached hydrogen (secondary N) is 2. The second-order valence-corrected chi connectivity index (χ2v) is 8.82. The average molecular weight is 521 g/mol. The molecule has 2 heterocycles. The zero-order valence-corrected chi connectivity index (χ0v) is 19.7. The molecular formula is C24H23ClF2N4O5. The van der Waals surface area contributed by atoms with Crippen molar-refractivity contribution < 1.29 is 33.0 Å². The fraction of sp³-hybridized carbons (Fsp3) is 0.375. The summed E-state index contributed by atoms with van der Waals surface area (Å²) in [6.07, 6.45) is 0.433. The summed E-state index contributed by atoms with van der Waals surface area (Å²) in [5, 5.41) is 25.4. The van der Waals surface area contributed by atoms with Gasteiger partial charge in [0.25, 0.3) is 0 Å². The van der Waals surface area contributed by atoms with Gasteiger partial charge in [0.05, 0.1) is 31.2 Å². The fourth-order valence-corrected chi connectivity index (χ4v) is 4.58. The van der Waals surface area contributed by atoms with Gasteiger partial charge in [-0.25, -0.2) is 4.79 Å². The zero-order chi connectivity index (χ0) is 25.8. The van der Waals surface area contributed by atoms with Gasteiger partial charge < -0.3 is 24.8 Å². The predicted molar refractivity (Wildman–Crippen MR) is 125 cm³/mol. The lowest BCUT2D eigenvalue weighted by Gasteiger charge is -2.42. The normalized spacial score (nSPS) is 21.6. The maximum Gasteiger partial charge on any atom is 0.387 e. The number of amides is 1. The maximum atomic E-state index is 13.0. The number of fused-ring (bicyclic) bond motifs is 1. The van der Waals surface area contributed by atoms with Gasteiger partial charge in [-0.3, -0.25) is 10.1 Å². The minimum atomic E-state index is -3.17. The maximum absolute atomic E-state index is 13.0. The number of benzene rings is 2. The quantitative estimate of drug-likeness (QED) is 0.485. The zero-order valence-electron chi connectivity index (χ0n) is 18.9. The molecule has 0 bridgehead atoms. The molecule has 3 N–H and O–H groups in total. The Bertz CT molecular complexity index is 1190. The number of carboxylic acids is 1. The molecule has 36 heavy (non-hydrogen) atoms. The first kappa shape index (κ1) is 25.6. The van der Waals surface area contributed by atoms with Crippen LogP contribution in [0.5, 0.6) is 11.5 Å². The third kappa shape index (κ3) is 5.67. The lowest BCUT2D eigenvalue weighted by atomic mass is 9.86. The summed E-state index contributed by atoms with van der Waals surface area (Å²) in [4.78, 5) is 26.2. The van der Waals surface area contributed by atoms with E-state index in [1.165, 1.54) is 12.1 Å². The van der Waals surface area contributed by atoms with Crippen molar-refractivity contribution in [1.82, 2.24) is 15.5 Å². The van der Waals surface area contributed by atoms with E-state index in [1.54, 1.807) is 23.1 Å². The van der Waals surface area contributed by atoms with Crippen LogP contribution in [0.15, 0.2) is 36.4 Å². The van der Waals surface area contributed by atoms with Crippen LogP contribution >= 0.6 is 11.6 Å². The van der Waals surface area contributed by atoms with Crippen molar-refractivity contribution in [2.24, 2.45) is 5.92 Å². The molecule has 2 aromatic rings. The van der Waals surface area contributed by atoms with E-state index in [4.69, 9.17) is 16.3 Å². The van der Waals surface area contributed by atoms with Gasteiger partial charge in [0, 0.05) is 23.2 Å². The summed E-state index contributed by atoms with van der Waals surface area (Å²) in [6.45, 7) is -1.85. The first-order valence-corrected chi connectivity index (χ1v) is 11.5. The molecule has 0 saturated carbocycles. The first-order valence-electron chi connectivity index (χ1n) is 11.2. The Labute approximate surface area is 210 Å². The van der Waals surface area contributed by atoms with Crippen molar-refractivity contribution in [3.8, 4) is 28.7 Å². The monoisotopic (exact) mass is 520 g/mol. The van der Waals surface area contributed by atoms with Crippen molar-refractivity contribution in [3.05, 3.63) is 47.0 Å². The van der Waals surface area contributed by atoms with E-state index in [1.807, 2.05) is 0 Å². The van der Waals surface area contributed by atoms with Gasteiger partial charge in [-0.15, -0.1) is 0 Å². The van der Waals surface area contributed by atoms with E-state index in [0.29, 0.717) is 41.5 Å². The largest absolute Gasteiger partial charge is 0.491 e. The molecule has 12 heteroatoms. The third-order valence-electron chi connectivity index (χ3n) is 6.19. The number of alkyl halides is 2. The molecule has 0 aromatic heterocycles. The van der Waals surface area contributed by atoms with E-state index in [9.17, 15) is 28.7 Å². The molecular weight excluding hydrogens is 498 g/mol. The Balaban J connectivity index is 1.48. The van der Waals surface area contributed by atoms with E-state index in [2.05, 4.69) is 21.4 Å². The number of hydrogen-bond acceptors (Lipinski definition) is 7. The summed E-state index contributed by atoms with van der Waals surface area (Å²) in [6, 6.07) is 10.3. The minimum absolute atomic E-state index is 0.0254. The van der Waals surface area contributed by atoms with Gasteiger partial charge in [-0.05, 0) is 42.3 Å². The third-order valence-corrected chi connectivity index (χ3v) is 6.42. The molecule has 0 aliphatic carbocycles. The molecule has 9 nitrogen and oxygen atoms in total. The molecule has 2 saturated heterocycles. The summed E-state index contributed by atoms with van der Waals surface area (Å²) in [7, 11) is 0. The molecule has 2 fully saturated rings. The molecule has 2 aromatic carbocycles. The highest BCUT2D eigenvalue weighted by atomic mass is 35.5. The summed E-state index contributed by atoms with van der Waals surface area (Å²) < 4.78 is 35.5. The van der Waals surface area contributed by atoms with Gasteiger partial charge >= 0.3 is 12.6 Å². The van der Waals surface area contributed by atoms with E-state index in [-0.39, 0.29) is 37.1 Å². The summed E-state index contributed by atoms with van der Waals surface area (Å²) in [5.41, 5.74) is 0.394. The molecule has 0 spiro atoms. The summed E-state index contributed by atoms with van der Waals surface area (Å²) in [5.74, 6) is -1.85. The predicted octanol–water partition coefficient (Wildman–Crippen LogP) is 2.94. The molecule has 190 valence electrons. The van der Waals surface area contributed by atoms with Crippen LogP contribution in [0.2, 0.25) is 5.02 Å². The lowest BCUT2D eigenvalue weighted by Crippen LogP contribution is -2.64. The Morgan fingerprint density at radius 3 is 2.75 bits per heavy atom. The van der Waals surface area contributed by atoms with Crippen LogP contribution in [0, 0.1) is 17.2 Å².